The van der Waals surface area contributed by atoms with Gasteiger partial charge >= 0.3 is 0 Å². The fraction of sp³-hybridized carbons (Fsp3) is 0.269. The highest BCUT2D eigenvalue weighted by atomic mass is 32.1. The number of aromatic nitrogens is 1. The smallest absolute Gasteiger partial charge is 0.236 e. The third kappa shape index (κ3) is 3.97. The van der Waals surface area contributed by atoms with Crippen molar-refractivity contribution in [2.45, 2.75) is 32.6 Å². The highest BCUT2D eigenvalue weighted by Gasteiger charge is 2.46. The average Bonchev–Trinajstić information content (AvgIpc) is 3.13. The number of hydrogen-bond donors (Lipinski definition) is 2. The van der Waals surface area contributed by atoms with Gasteiger partial charge in [-0.25, -0.2) is 9.37 Å². The van der Waals surface area contributed by atoms with Crippen LogP contribution in [-0.4, -0.2) is 16.7 Å². The number of halogens is 1. The fourth-order valence-corrected chi connectivity index (χ4v) is 5.79. The summed E-state index contributed by atoms with van der Waals surface area (Å²) in [6, 6.07) is 13.8. The van der Waals surface area contributed by atoms with Gasteiger partial charge in [0.2, 0.25) is 5.91 Å². The SMILES string of the molecule is C=C1NC2=C(C(=O)CC(C)(C)C2)C(c2cccc(F)c2)C1C(=O)Nc1nc2ccccc2s1. The molecule has 0 radical (unpaired) electrons. The number of allylic oxidation sites excluding steroid dienone is 2. The number of carbonyl (C=O) groups excluding carboxylic acids is 2. The molecule has 2 N–H and O–H groups in total. The summed E-state index contributed by atoms with van der Waals surface area (Å²) < 4.78 is 15.2. The summed E-state index contributed by atoms with van der Waals surface area (Å²) in [5.41, 5.74) is 3.01. The van der Waals surface area contributed by atoms with E-state index in [-0.39, 0.29) is 17.1 Å². The van der Waals surface area contributed by atoms with Crippen molar-refractivity contribution < 1.29 is 14.0 Å². The Labute approximate surface area is 195 Å². The van der Waals surface area contributed by atoms with Gasteiger partial charge in [0.05, 0.1) is 16.1 Å². The fourth-order valence-electron chi connectivity index (χ4n) is 4.92. The molecule has 5 rings (SSSR count). The molecule has 2 aromatic carbocycles. The largest absolute Gasteiger partial charge is 0.362 e. The van der Waals surface area contributed by atoms with E-state index in [4.69, 9.17) is 0 Å². The number of nitrogens with zero attached hydrogens (tertiary/aromatic N) is 1. The average molecular weight is 462 g/mol. The van der Waals surface area contributed by atoms with Gasteiger partial charge in [0.15, 0.2) is 10.9 Å². The molecule has 2 heterocycles. The molecule has 0 saturated carbocycles. The molecule has 0 spiro atoms. The third-order valence-corrected chi connectivity index (χ3v) is 7.22. The molecule has 0 fully saturated rings. The number of benzene rings is 2. The van der Waals surface area contributed by atoms with Crippen LogP contribution < -0.4 is 10.6 Å². The Morgan fingerprint density at radius 2 is 2.00 bits per heavy atom. The van der Waals surface area contributed by atoms with Gasteiger partial charge in [-0.3, -0.25) is 9.59 Å². The standard InChI is InChI=1S/C26H24FN3O2S/c1-14-21(24(32)30-25-29-17-9-4-5-10-20(17)33-25)22(15-7-6-8-16(27)11-15)23-18(28-14)12-26(2,3)13-19(23)31/h4-11,21-22,28H,1,12-13H2,2-3H3,(H,29,30,32). The second-order valence-corrected chi connectivity index (χ2v) is 10.5. The third-order valence-electron chi connectivity index (χ3n) is 6.27. The van der Waals surface area contributed by atoms with Crippen molar-refractivity contribution in [3.63, 3.8) is 0 Å². The Morgan fingerprint density at radius 1 is 1.21 bits per heavy atom. The highest BCUT2D eigenvalue weighted by molar-refractivity contribution is 7.22. The van der Waals surface area contributed by atoms with Crippen molar-refractivity contribution >= 4 is 38.4 Å². The maximum absolute atomic E-state index is 14.2. The zero-order valence-corrected chi connectivity index (χ0v) is 19.3. The van der Waals surface area contributed by atoms with Crippen LogP contribution in [0.4, 0.5) is 9.52 Å². The van der Waals surface area contributed by atoms with E-state index >= 15 is 0 Å². The van der Waals surface area contributed by atoms with Crippen molar-refractivity contribution in [2.24, 2.45) is 11.3 Å². The van der Waals surface area contributed by atoms with Crippen molar-refractivity contribution in [3.05, 3.63) is 83.5 Å². The van der Waals surface area contributed by atoms with E-state index in [1.807, 2.05) is 38.1 Å². The Hall–Kier alpha value is -3.32. The molecule has 168 valence electrons. The monoisotopic (exact) mass is 461 g/mol. The zero-order valence-electron chi connectivity index (χ0n) is 18.4. The molecular weight excluding hydrogens is 437 g/mol. The molecule has 3 aromatic rings. The Morgan fingerprint density at radius 3 is 2.76 bits per heavy atom. The van der Waals surface area contributed by atoms with E-state index in [0.717, 1.165) is 15.9 Å². The summed E-state index contributed by atoms with van der Waals surface area (Å²) >= 11 is 1.38. The van der Waals surface area contributed by atoms with Gasteiger partial charge in [0.1, 0.15) is 5.82 Å². The molecule has 5 nitrogen and oxygen atoms in total. The first-order valence-electron chi connectivity index (χ1n) is 10.9. The molecule has 2 unspecified atom stereocenters. The maximum atomic E-state index is 14.2. The predicted molar refractivity (Wildman–Crippen MR) is 128 cm³/mol. The molecule has 0 saturated heterocycles. The predicted octanol–water partition coefficient (Wildman–Crippen LogP) is 5.53. The van der Waals surface area contributed by atoms with E-state index in [0.29, 0.717) is 34.8 Å². The number of hydrogen-bond acceptors (Lipinski definition) is 5. The lowest BCUT2D eigenvalue weighted by Crippen LogP contribution is -2.44. The van der Waals surface area contributed by atoms with Gasteiger partial charge in [0.25, 0.3) is 0 Å². The molecule has 7 heteroatoms. The van der Waals surface area contributed by atoms with Crippen LogP contribution in [0.25, 0.3) is 10.2 Å². The van der Waals surface area contributed by atoms with Gasteiger partial charge in [-0.15, -0.1) is 0 Å². The van der Waals surface area contributed by atoms with Crippen LogP contribution in [0.5, 0.6) is 0 Å². The van der Waals surface area contributed by atoms with Gasteiger partial charge < -0.3 is 10.6 Å². The van der Waals surface area contributed by atoms with E-state index in [2.05, 4.69) is 22.2 Å². The number of carbonyl (C=O) groups is 2. The Balaban J connectivity index is 1.57. The van der Waals surface area contributed by atoms with Crippen molar-refractivity contribution in [2.75, 3.05) is 5.32 Å². The molecule has 2 atom stereocenters. The summed E-state index contributed by atoms with van der Waals surface area (Å²) in [5.74, 6) is -2.17. The highest BCUT2D eigenvalue weighted by Crippen LogP contribution is 2.48. The van der Waals surface area contributed by atoms with E-state index in [1.54, 1.807) is 12.1 Å². The lowest BCUT2D eigenvalue weighted by atomic mass is 9.66. The van der Waals surface area contributed by atoms with Gasteiger partial charge in [-0.2, -0.15) is 0 Å². The summed E-state index contributed by atoms with van der Waals surface area (Å²) in [5, 5.41) is 6.64. The summed E-state index contributed by atoms with van der Waals surface area (Å²) in [4.78, 5) is 31.4. The van der Waals surface area contributed by atoms with Crippen molar-refractivity contribution in [1.29, 1.82) is 0 Å². The minimum atomic E-state index is -0.789. The van der Waals surface area contributed by atoms with Crippen LogP contribution in [-0.2, 0) is 9.59 Å². The van der Waals surface area contributed by atoms with E-state index < -0.39 is 17.7 Å². The minimum Gasteiger partial charge on any atom is -0.362 e. The number of amides is 1. The van der Waals surface area contributed by atoms with E-state index in [1.165, 1.54) is 23.5 Å². The first-order chi connectivity index (χ1) is 15.7. The topological polar surface area (TPSA) is 71.1 Å². The summed E-state index contributed by atoms with van der Waals surface area (Å²) in [6.45, 7) is 8.22. The van der Waals surface area contributed by atoms with Gasteiger partial charge in [-0.05, 0) is 41.7 Å². The lowest BCUT2D eigenvalue weighted by Gasteiger charge is -2.42. The number of rotatable bonds is 3. The van der Waals surface area contributed by atoms with Gasteiger partial charge in [0, 0.05) is 29.3 Å². The number of nitrogens with one attached hydrogen (secondary N) is 2. The lowest BCUT2D eigenvalue weighted by molar-refractivity contribution is -0.120. The van der Waals surface area contributed by atoms with Crippen molar-refractivity contribution in [1.82, 2.24) is 10.3 Å². The second-order valence-electron chi connectivity index (χ2n) is 9.47. The van der Waals surface area contributed by atoms with Crippen LogP contribution in [0.3, 0.4) is 0 Å². The number of anilines is 1. The molecule has 1 aliphatic carbocycles. The molecule has 33 heavy (non-hydrogen) atoms. The Bertz CT molecular complexity index is 1310. The van der Waals surface area contributed by atoms with Gasteiger partial charge in [-0.1, -0.05) is 56.0 Å². The van der Waals surface area contributed by atoms with Crippen LogP contribution in [0.15, 0.2) is 72.1 Å². The minimum absolute atomic E-state index is 0.0201. The first-order valence-corrected chi connectivity index (χ1v) is 11.7. The summed E-state index contributed by atoms with van der Waals surface area (Å²) in [6.07, 6.45) is 1.03. The van der Waals surface area contributed by atoms with Crippen LogP contribution >= 0.6 is 11.3 Å². The number of ketones is 1. The molecule has 1 aromatic heterocycles. The van der Waals surface area contributed by atoms with Crippen LogP contribution in [0.2, 0.25) is 0 Å². The molecule has 1 amide bonds. The van der Waals surface area contributed by atoms with Crippen LogP contribution in [0.1, 0.15) is 38.2 Å². The van der Waals surface area contributed by atoms with Crippen molar-refractivity contribution in [3.8, 4) is 0 Å². The summed E-state index contributed by atoms with van der Waals surface area (Å²) in [7, 11) is 0. The number of Topliss-reactive ketones (excluding diaryl/α,β-unsaturated/α-hetero) is 1. The first kappa shape index (κ1) is 21.5. The zero-order chi connectivity index (χ0) is 23.3. The number of thiazole rings is 1. The Kier molecular flexibility index (Phi) is 5.16. The number of para-hydroxylation sites is 1. The van der Waals surface area contributed by atoms with Crippen LogP contribution in [0, 0.1) is 17.2 Å². The normalized spacial score (nSPS) is 22.2. The number of fused-ring (bicyclic) bond motifs is 1. The second kappa shape index (κ2) is 7.92. The maximum Gasteiger partial charge on any atom is 0.236 e. The molecule has 1 aliphatic heterocycles. The van der Waals surface area contributed by atoms with E-state index in [9.17, 15) is 14.0 Å². The molecule has 0 bridgehead atoms. The quantitative estimate of drug-likeness (QED) is 0.538. The molecular formula is C26H24FN3O2S. The molecule has 2 aliphatic rings.